The van der Waals surface area contributed by atoms with E-state index >= 15 is 0 Å². The van der Waals surface area contributed by atoms with Crippen LogP contribution in [-0.2, 0) is 0 Å². The number of aliphatic imine (C=N–C) groups is 1. The summed E-state index contributed by atoms with van der Waals surface area (Å²) in [5, 5.41) is 11.2. The van der Waals surface area contributed by atoms with Gasteiger partial charge in [0.15, 0.2) is 0 Å². The van der Waals surface area contributed by atoms with Gasteiger partial charge in [0.25, 0.3) is 0 Å². The van der Waals surface area contributed by atoms with E-state index in [1.54, 1.807) is 12.2 Å². The van der Waals surface area contributed by atoms with E-state index in [9.17, 15) is 0 Å². The van der Waals surface area contributed by atoms with Crippen molar-refractivity contribution in [1.82, 2.24) is 5.32 Å². The molecular weight excluding hydrogens is 308 g/mol. The summed E-state index contributed by atoms with van der Waals surface area (Å²) in [6.45, 7) is 0. The molecule has 0 radical (unpaired) electrons. The zero-order valence-corrected chi connectivity index (χ0v) is 13.8. The first-order valence-corrected chi connectivity index (χ1v) is 8.08. The first-order valence-electron chi connectivity index (χ1n) is 8.08. The average molecular weight is 328 g/mol. The van der Waals surface area contributed by atoms with E-state index in [4.69, 9.17) is 16.1 Å². The molecule has 4 N–H and O–H groups in total. The number of nitrogens with two attached hydrogens (primary N) is 1. The van der Waals surface area contributed by atoms with E-state index in [0.29, 0.717) is 5.57 Å². The molecule has 0 saturated carbocycles. The first kappa shape index (κ1) is 16.5. The average Bonchev–Trinajstić information content (AvgIpc) is 2.70. The lowest BCUT2D eigenvalue weighted by Crippen LogP contribution is -2.31. The predicted octanol–water partition coefficient (Wildman–Crippen LogP) is 3.71. The van der Waals surface area contributed by atoms with Gasteiger partial charge in [0, 0.05) is 17.4 Å². The van der Waals surface area contributed by atoms with E-state index in [1.807, 2.05) is 54.6 Å². The maximum atomic E-state index is 7.72. The Labute approximate surface area is 147 Å². The fraction of sp³-hybridized carbons (Fsp3) is 0.0476. The van der Waals surface area contributed by atoms with E-state index in [2.05, 4.69) is 17.4 Å². The number of nitrogens with one attached hydrogen (secondary N) is 2. The van der Waals surface area contributed by atoms with Gasteiger partial charge in [0.2, 0.25) is 0 Å². The third-order valence-electron chi connectivity index (χ3n) is 3.89. The van der Waals surface area contributed by atoms with Crippen LogP contribution in [0.2, 0.25) is 0 Å². The number of amidine groups is 1. The molecule has 25 heavy (non-hydrogen) atoms. The van der Waals surface area contributed by atoms with Gasteiger partial charge >= 0.3 is 0 Å². The molecule has 0 aliphatic carbocycles. The molecule has 1 heterocycles. The quantitative estimate of drug-likeness (QED) is 0.578. The summed E-state index contributed by atoms with van der Waals surface area (Å²) in [5.41, 5.74) is 9.03. The zero-order chi connectivity index (χ0) is 17.5. The van der Waals surface area contributed by atoms with Crippen molar-refractivity contribution in [2.75, 3.05) is 0 Å². The predicted molar refractivity (Wildman–Crippen MR) is 104 cm³/mol. The minimum absolute atomic E-state index is 0.0193. The number of hydrogen-bond acceptors (Lipinski definition) is 4. The van der Waals surface area contributed by atoms with Crippen LogP contribution in [0.1, 0.15) is 17.2 Å². The lowest BCUT2D eigenvalue weighted by molar-refractivity contribution is 0.768. The van der Waals surface area contributed by atoms with Crippen molar-refractivity contribution in [3.05, 3.63) is 107 Å². The summed E-state index contributed by atoms with van der Waals surface area (Å²) in [7, 11) is 0. The van der Waals surface area contributed by atoms with Gasteiger partial charge < -0.3 is 16.5 Å². The van der Waals surface area contributed by atoms with Gasteiger partial charge in [-0.25, -0.2) is 4.99 Å². The molecule has 2 aromatic rings. The first-order chi connectivity index (χ1) is 12.3. The molecule has 1 aliphatic heterocycles. The Morgan fingerprint density at radius 1 is 1.04 bits per heavy atom. The highest BCUT2D eigenvalue weighted by Crippen LogP contribution is 2.25. The Bertz CT molecular complexity index is 846. The van der Waals surface area contributed by atoms with Crippen molar-refractivity contribution >= 4 is 12.1 Å². The molecular formula is C21H20N4. The lowest BCUT2D eigenvalue weighted by atomic mass is 10.0. The van der Waals surface area contributed by atoms with Gasteiger partial charge in [0.1, 0.15) is 5.84 Å². The maximum absolute atomic E-state index is 7.72. The molecule has 1 atom stereocenters. The molecule has 3 rings (SSSR count). The van der Waals surface area contributed by atoms with E-state index in [0.717, 1.165) is 22.7 Å². The molecule has 0 fully saturated rings. The van der Waals surface area contributed by atoms with Crippen molar-refractivity contribution in [2.45, 2.75) is 6.04 Å². The maximum Gasteiger partial charge on any atom is 0.134 e. The van der Waals surface area contributed by atoms with Gasteiger partial charge in [0.05, 0.1) is 11.7 Å². The Kier molecular flexibility index (Phi) is 5.22. The zero-order valence-electron chi connectivity index (χ0n) is 13.8. The normalized spacial score (nSPS) is 17.6. The summed E-state index contributed by atoms with van der Waals surface area (Å²) in [6, 6.07) is 20.2. The number of allylic oxidation sites excluding steroid dienone is 3. The Hall–Kier alpha value is -3.40. The van der Waals surface area contributed by atoms with E-state index in [-0.39, 0.29) is 6.04 Å². The SMILES string of the molecule is N=C/C(=C\C=C\N)C1=CC(c2ccccc2)NC(c2ccccc2)=N1. The fourth-order valence-electron chi connectivity index (χ4n) is 2.65. The Morgan fingerprint density at radius 2 is 1.72 bits per heavy atom. The highest BCUT2D eigenvalue weighted by atomic mass is 15.0. The minimum Gasteiger partial charge on any atom is -0.405 e. The third kappa shape index (κ3) is 3.93. The van der Waals surface area contributed by atoms with Crippen LogP contribution < -0.4 is 11.1 Å². The highest BCUT2D eigenvalue weighted by Gasteiger charge is 2.19. The second kappa shape index (κ2) is 7.93. The summed E-state index contributed by atoms with van der Waals surface area (Å²) in [6.07, 6.45) is 8.27. The van der Waals surface area contributed by atoms with Gasteiger partial charge in [-0.15, -0.1) is 0 Å². The van der Waals surface area contributed by atoms with Crippen molar-refractivity contribution in [3.63, 3.8) is 0 Å². The largest absolute Gasteiger partial charge is 0.405 e. The summed E-state index contributed by atoms with van der Waals surface area (Å²) in [4.78, 5) is 4.72. The monoisotopic (exact) mass is 328 g/mol. The van der Waals surface area contributed by atoms with Crippen LogP contribution in [0.15, 0.2) is 101 Å². The van der Waals surface area contributed by atoms with Crippen molar-refractivity contribution in [1.29, 1.82) is 5.41 Å². The van der Waals surface area contributed by atoms with Gasteiger partial charge in [-0.2, -0.15) is 0 Å². The second-order valence-corrected chi connectivity index (χ2v) is 5.56. The third-order valence-corrected chi connectivity index (χ3v) is 3.89. The van der Waals surface area contributed by atoms with E-state index < -0.39 is 0 Å². The molecule has 0 saturated heterocycles. The lowest BCUT2D eigenvalue weighted by Gasteiger charge is -2.24. The number of hydrogen-bond donors (Lipinski definition) is 3. The molecule has 1 unspecified atom stereocenters. The van der Waals surface area contributed by atoms with Gasteiger partial charge in [-0.3, -0.25) is 0 Å². The number of nitrogens with zero attached hydrogens (tertiary/aromatic N) is 1. The molecule has 2 aromatic carbocycles. The summed E-state index contributed by atoms with van der Waals surface area (Å²) >= 11 is 0. The minimum atomic E-state index is -0.0193. The standard InChI is InChI=1S/C21H20N4/c22-13-7-12-18(15-23)20-14-19(16-8-3-1-4-9-16)24-21(25-20)17-10-5-2-6-11-17/h1-15,19,23H,22H2,(H,24,25)/b13-7+,18-12+,23-15?. The molecule has 0 spiro atoms. The molecule has 0 aromatic heterocycles. The van der Waals surface area contributed by atoms with Crippen molar-refractivity contribution in [3.8, 4) is 0 Å². The van der Waals surface area contributed by atoms with Crippen LogP contribution in [0, 0.1) is 5.41 Å². The molecule has 4 heteroatoms. The molecule has 4 nitrogen and oxygen atoms in total. The molecule has 0 bridgehead atoms. The van der Waals surface area contributed by atoms with Crippen LogP contribution in [0.25, 0.3) is 0 Å². The van der Waals surface area contributed by atoms with Crippen LogP contribution in [-0.4, -0.2) is 12.1 Å². The summed E-state index contributed by atoms with van der Waals surface area (Å²) in [5.74, 6) is 0.788. The van der Waals surface area contributed by atoms with Gasteiger partial charge in [-0.1, -0.05) is 60.7 Å². The molecule has 124 valence electrons. The van der Waals surface area contributed by atoms with Crippen molar-refractivity contribution in [2.24, 2.45) is 10.7 Å². The van der Waals surface area contributed by atoms with Crippen molar-refractivity contribution < 1.29 is 0 Å². The van der Waals surface area contributed by atoms with Crippen LogP contribution in [0.4, 0.5) is 0 Å². The summed E-state index contributed by atoms with van der Waals surface area (Å²) < 4.78 is 0. The van der Waals surface area contributed by atoms with Crippen LogP contribution >= 0.6 is 0 Å². The topological polar surface area (TPSA) is 74.3 Å². The number of rotatable bonds is 5. The fourth-order valence-corrected chi connectivity index (χ4v) is 2.65. The second-order valence-electron chi connectivity index (χ2n) is 5.56. The van der Waals surface area contributed by atoms with Gasteiger partial charge in [-0.05, 0) is 30.0 Å². The Balaban J connectivity index is 2.06. The molecule has 1 aliphatic rings. The molecule has 0 amide bonds. The smallest absolute Gasteiger partial charge is 0.134 e. The van der Waals surface area contributed by atoms with Crippen LogP contribution in [0.5, 0.6) is 0 Å². The Morgan fingerprint density at radius 3 is 2.36 bits per heavy atom. The van der Waals surface area contributed by atoms with Crippen LogP contribution in [0.3, 0.4) is 0 Å². The highest BCUT2D eigenvalue weighted by molar-refractivity contribution is 6.01. The number of benzene rings is 2. The van der Waals surface area contributed by atoms with E-state index in [1.165, 1.54) is 12.4 Å².